The molecule has 1 N–H and O–H groups in total. The van der Waals surface area contributed by atoms with Crippen molar-refractivity contribution < 1.29 is 9.90 Å². The summed E-state index contributed by atoms with van der Waals surface area (Å²) in [7, 11) is 3.73. The van der Waals surface area contributed by atoms with Crippen molar-refractivity contribution in [2.45, 2.75) is 18.9 Å². The molecule has 0 aliphatic rings. The minimum atomic E-state index is -0.811. The van der Waals surface area contributed by atoms with E-state index >= 15 is 0 Å². The predicted octanol–water partition coefficient (Wildman–Crippen LogP) is 1.39. The largest absolute Gasteiger partial charge is 0.481 e. The van der Waals surface area contributed by atoms with Gasteiger partial charge in [0.05, 0.1) is 23.2 Å². The van der Waals surface area contributed by atoms with Crippen molar-refractivity contribution >= 4 is 17.3 Å². The van der Waals surface area contributed by atoms with Crippen LogP contribution in [-0.4, -0.2) is 35.1 Å². The van der Waals surface area contributed by atoms with Gasteiger partial charge < -0.3 is 5.11 Å². The van der Waals surface area contributed by atoms with Gasteiger partial charge in [0.2, 0.25) is 0 Å². The van der Waals surface area contributed by atoms with E-state index in [2.05, 4.69) is 4.98 Å². The molecule has 0 saturated heterocycles. The van der Waals surface area contributed by atoms with Crippen molar-refractivity contribution in [1.29, 1.82) is 0 Å². The highest BCUT2D eigenvalue weighted by Crippen LogP contribution is 2.29. The Morgan fingerprint density at radius 1 is 1.71 bits per heavy atom. The maximum atomic E-state index is 10.8. The third-order valence-electron chi connectivity index (χ3n) is 2.47. The fourth-order valence-corrected chi connectivity index (χ4v) is 1.93. The average Bonchev–Trinajstić information content (AvgIpc) is 2.53. The quantitative estimate of drug-likeness (QED) is 0.823. The summed E-state index contributed by atoms with van der Waals surface area (Å²) in [6.07, 6.45) is 0.0593. The Hall–Kier alpha value is -0.940. The summed E-state index contributed by atoms with van der Waals surface area (Å²) in [5, 5.41) is 10.7. The van der Waals surface area contributed by atoms with E-state index in [1.165, 1.54) is 11.3 Å². The van der Waals surface area contributed by atoms with Gasteiger partial charge in [-0.3, -0.25) is 9.69 Å². The lowest BCUT2D eigenvalue weighted by Gasteiger charge is -2.33. The van der Waals surface area contributed by atoms with Gasteiger partial charge in [0.15, 0.2) is 0 Å². The van der Waals surface area contributed by atoms with Crippen molar-refractivity contribution in [3.05, 3.63) is 16.6 Å². The van der Waals surface area contributed by atoms with E-state index < -0.39 is 11.5 Å². The fourth-order valence-electron chi connectivity index (χ4n) is 1.25. The zero-order chi connectivity index (χ0) is 10.8. The molecule has 0 spiro atoms. The molecular weight excluding hydrogens is 200 g/mol. The zero-order valence-corrected chi connectivity index (χ0v) is 9.34. The number of carbonyl (C=O) groups is 1. The molecule has 0 radical (unpaired) electrons. The average molecular weight is 214 g/mol. The lowest BCUT2D eigenvalue weighted by Crippen LogP contribution is -2.40. The highest BCUT2D eigenvalue weighted by molar-refractivity contribution is 7.07. The van der Waals surface area contributed by atoms with Crippen molar-refractivity contribution in [2.24, 2.45) is 0 Å². The first-order valence-electron chi connectivity index (χ1n) is 4.24. The molecule has 78 valence electrons. The van der Waals surface area contributed by atoms with Crippen LogP contribution in [0.15, 0.2) is 10.9 Å². The molecule has 1 aromatic heterocycles. The van der Waals surface area contributed by atoms with Gasteiger partial charge in [-0.1, -0.05) is 0 Å². The minimum absolute atomic E-state index is 0.0593. The lowest BCUT2D eigenvalue weighted by molar-refractivity contribution is -0.140. The lowest BCUT2D eigenvalue weighted by atomic mass is 9.93. The summed E-state index contributed by atoms with van der Waals surface area (Å²) in [6.45, 7) is 1.89. The van der Waals surface area contributed by atoms with Gasteiger partial charge in [0.1, 0.15) is 0 Å². The van der Waals surface area contributed by atoms with E-state index in [1.54, 1.807) is 5.51 Å². The van der Waals surface area contributed by atoms with E-state index in [1.807, 2.05) is 31.3 Å². The second-order valence-corrected chi connectivity index (χ2v) is 4.33. The maximum absolute atomic E-state index is 10.8. The first kappa shape index (κ1) is 11.1. The molecule has 1 heterocycles. The third-order valence-corrected chi connectivity index (χ3v) is 3.05. The number of thiazole rings is 1. The Labute approximate surface area is 87.2 Å². The number of hydrogen-bond acceptors (Lipinski definition) is 4. The molecule has 14 heavy (non-hydrogen) atoms. The Kier molecular flexibility index (Phi) is 3.23. The first-order valence-corrected chi connectivity index (χ1v) is 5.19. The first-order chi connectivity index (χ1) is 6.47. The van der Waals surface area contributed by atoms with Crippen molar-refractivity contribution in [1.82, 2.24) is 9.88 Å². The molecule has 5 heteroatoms. The molecule has 0 fully saturated rings. The number of carboxylic acid groups (broad SMARTS) is 1. The van der Waals surface area contributed by atoms with Gasteiger partial charge in [-0.15, -0.1) is 11.3 Å². The van der Waals surface area contributed by atoms with Crippen LogP contribution < -0.4 is 0 Å². The van der Waals surface area contributed by atoms with Gasteiger partial charge >= 0.3 is 5.97 Å². The van der Waals surface area contributed by atoms with Gasteiger partial charge in [0.25, 0.3) is 0 Å². The molecule has 0 saturated carbocycles. The Bertz CT molecular complexity index is 311. The number of hydrogen-bond donors (Lipinski definition) is 1. The molecule has 0 bridgehead atoms. The predicted molar refractivity (Wildman–Crippen MR) is 55.4 cm³/mol. The topological polar surface area (TPSA) is 53.4 Å². The third kappa shape index (κ3) is 2.10. The summed E-state index contributed by atoms with van der Waals surface area (Å²) >= 11 is 1.48. The molecule has 0 aromatic carbocycles. The number of rotatable bonds is 4. The molecule has 0 amide bonds. The van der Waals surface area contributed by atoms with Crippen molar-refractivity contribution in [2.75, 3.05) is 14.1 Å². The molecule has 1 unspecified atom stereocenters. The molecular formula is C9H14N2O2S. The van der Waals surface area contributed by atoms with Crippen LogP contribution in [0.1, 0.15) is 19.0 Å². The minimum Gasteiger partial charge on any atom is -0.481 e. The van der Waals surface area contributed by atoms with Crippen LogP contribution in [0.2, 0.25) is 0 Å². The number of nitrogens with zero attached hydrogens (tertiary/aromatic N) is 2. The number of aromatic nitrogens is 1. The van der Waals surface area contributed by atoms with E-state index in [4.69, 9.17) is 5.11 Å². The molecule has 1 atom stereocenters. The Morgan fingerprint density at radius 2 is 2.36 bits per heavy atom. The summed E-state index contributed by atoms with van der Waals surface area (Å²) < 4.78 is 0. The van der Waals surface area contributed by atoms with Crippen LogP contribution in [0.25, 0.3) is 0 Å². The smallest absolute Gasteiger partial charge is 0.305 e. The standard InChI is InChI=1S/C9H14N2O2S/c1-9(11(2)3,4-8(12)13)7-5-14-6-10-7/h5-6H,4H2,1-3H3,(H,12,13). The Morgan fingerprint density at radius 3 is 2.71 bits per heavy atom. The van der Waals surface area contributed by atoms with Crippen LogP contribution in [0.4, 0.5) is 0 Å². The summed E-state index contributed by atoms with van der Waals surface area (Å²) in [4.78, 5) is 16.8. The molecule has 1 rings (SSSR count). The summed E-state index contributed by atoms with van der Waals surface area (Å²) in [5.41, 5.74) is 2.01. The molecule has 0 aliphatic heterocycles. The maximum Gasteiger partial charge on any atom is 0.305 e. The van der Waals surface area contributed by atoms with Gasteiger partial charge in [-0.25, -0.2) is 4.98 Å². The van der Waals surface area contributed by atoms with E-state index in [9.17, 15) is 4.79 Å². The van der Waals surface area contributed by atoms with Crippen LogP contribution in [-0.2, 0) is 10.3 Å². The fraction of sp³-hybridized carbons (Fsp3) is 0.556. The van der Waals surface area contributed by atoms with Gasteiger partial charge in [-0.05, 0) is 21.0 Å². The van der Waals surface area contributed by atoms with Crippen molar-refractivity contribution in [3.8, 4) is 0 Å². The normalized spacial score (nSPS) is 15.4. The van der Waals surface area contributed by atoms with Crippen molar-refractivity contribution in [3.63, 3.8) is 0 Å². The number of carboxylic acids is 1. The van der Waals surface area contributed by atoms with E-state index in [0.29, 0.717) is 0 Å². The second-order valence-electron chi connectivity index (χ2n) is 3.61. The van der Waals surface area contributed by atoms with Crippen LogP contribution in [0.5, 0.6) is 0 Å². The summed E-state index contributed by atoms with van der Waals surface area (Å²) in [5.74, 6) is -0.811. The zero-order valence-electron chi connectivity index (χ0n) is 8.52. The van der Waals surface area contributed by atoms with Crippen LogP contribution in [0.3, 0.4) is 0 Å². The SMILES string of the molecule is CN(C)C(C)(CC(=O)O)c1cscn1. The highest BCUT2D eigenvalue weighted by atomic mass is 32.1. The molecule has 1 aromatic rings. The monoisotopic (exact) mass is 214 g/mol. The molecule has 0 aliphatic carbocycles. The van der Waals surface area contributed by atoms with Gasteiger partial charge in [0, 0.05) is 5.38 Å². The summed E-state index contributed by atoms with van der Waals surface area (Å²) in [6, 6.07) is 0. The number of aliphatic carboxylic acids is 1. The van der Waals surface area contributed by atoms with Gasteiger partial charge in [-0.2, -0.15) is 0 Å². The van der Waals surface area contributed by atoms with Crippen LogP contribution >= 0.6 is 11.3 Å². The van der Waals surface area contributed by atoms with E-state index in [-0.39, 0.29) is 6.42 Å². The van der Waals surface area contributed by atoms with E-state index in [0.717, 1.165) is 5.69 Å². The molecule has 4 nitrogen and oxygen atoms in total. The second kappa shape index (κ2) is 4.06. The Balaban J connectivity index is 2.99. The van der Waals surface area contributed by atoms with Crippen LogP contribution in [0, 0.1) is 0 Å². The highest BCUT2D eigenvalue weighted by Gasteiger charge is 2.33.